The average molecular weight is 289 g/mol. The van der Waals surface area contributed by atoms with Crippen molar-refractivity contribution in [1.82, 2.24) is 5.32 Å². The Balaban J connectivity index is 1.63. The van der Waals surface area contributed by atoms with E-state index in [9.17, 15) is 14.9 Å². The molecule has 6 heteroatoms. The summed E-state index contributed by atoms with van der Waals surface area (Å²) in [5.41, 5.74) is 0.793. The second-order valence-corrected chi connectivity index (χ2v) is 5.79. The van der Waals surface area contributed by atoms with Gasteiger partial charge in [0.2, 0.25) is 5.91 Å². The van der Waals surface area contributed by atoms with Crippen LogP contribution in [0.15, 0.2) is 24.3 Å². The van der Waals surface area contributed by atoms with Gasteiger partial charge < -0.3 is 10.2 Å². The third-order valence-electron chi connectivity index (χ3n) is 4.21. The number of rotatable bonds is 4. The summed E-state index contributed by atoms with van der Waals surface area (Å²) in [6.45, 7) is 1.38. The van der Waals surface area contributed by atoms with Crippen molar-refractivity contribution in [3.63, 3.8) is 0 Å². The average Bonchev–Trinajstić information content (AvgIpc) is 3.31. The molecule has 0 atom stereocenters. The van der Waals surface area contributed by atoms with Crippen LogP contribution in [0.2, 0.25) is 0 Å². The number of para-hydroxylation sites is 2. The molecular weight excluding hydrogens is 270 g/mol. The minimum Gasteiger partial charge on any atom is -0.366 e. The Hall–Kier alpha value is -2.11. The summed E-state index contributed by atoms with van der Waals surface area (Å²) in [4.78, 5) is 24.8. The zero-order chi connectivity index (χ0) is 14.8. The van der Waals surface area contributed by atoms with Crippen molar-refractivity contribution in [3.8, 4) is 0 Å². The van der Waals surface area contributed by atoms with Gasteiger partial charge in [0.1, 0.15) is 5.69 Å². The zero-order valence-electron chi connectivity index (χ0n) is 11.8. The van der Waals surface area contributed by atoms with Crippen molar-refractivity contribution in [3.05, 3.63) is 34.4 Å². The molecule has 3 rings (SSSR count). The number of nitrogens with zero attached hydrogens (tertiary/aromatic N) is 2. The van der Waals surface area contributed by atoms with Crippen LogP contribution in [0.1, 0.15) is 25.7 Å². The van der Waals surface area contributed by atoms with E-state index in [1.54, 1.807) is 12.1 Å². The SMILES string of the molecule is O=C(NC1CC1)C1CCN(c2ccccc2[N+](=O)[O-])CC1. The molecule has 1 heterocycles. The van der Waals surface area contributed by atoms with E-state index in [0.717, 1.165) is 25.7 Å². The molecule has 1 aliphatic heterocycles. The van der Waals surface area contributed by atoms with E-state index in [2.05, 4.69) is 5.32 Å². The van der Waals surface area contributed by atoms with Crippen molar-refractivity contribution in [1.29, 1.82) is 0 Å². The van der Waals surface area contributed by atoms with Gasteiger partial charge in [0.05, 0.1) is 4.92 Å². The van der Waals surface area contributed by atoms with Gasteiger partial charge in [-0.05, 0) is 31.7 Å². The van der Waals surface area contributed by atoms with Gasteiger partial charge in [-0.15, -0.1) is 0 Å². The maximum Gasteiger partial charge on any atom is 0.292 e. The number of amides is 1. The highest BCUT2D eigenvalue weighted by Crippen LogP contribution is 2.31. The Morgan fingerprint density at radius 1 is 1.19 bits per heavy atom. The van der Waals surface area contributed by atoms with E-state index in [1.165, 1.54) is 6.07 Å². The molecule has 21 heavy (non-hydrogen) atoms. The molecule has 1 amide bonds. The summed E-state index contributed by atoms with van der Waals surface area (Å²) in [7, 11) is 0. The number of hydrogen-bond donors (Lipinski definition) is 1. The third kappa shape index (κ3) is 3.15. The largest absolute Gasteiger partial charge is 0.366 e. The van der Waals surface area contributed by atoms with E-state index in [0.29, 0.717) is 24.8 Å². The lowest BCUT2D eigenvalue weighted by molar-refractivity contribution is -0.384. The molecule has 1 N–H and O–H groups in total. The van der Waals surface area contributed by atoms with E-state index >= 15 is 0 Å². The Morgan fingerprint density at radius 2 is 1.86 bits per heavy atom. The Labute approximate surface area is 123 Å². The number of hydrogen-bond acceptors (Lipinski definition) is 4. The van der Waals surface area contributed by atoms with E-state index < -0.39 is 0 Å². The van der Waals surface area contributed by atoms with Crippen LogP contribution in [-0.2, 0) is 4.79 Å². The number of nitrogens with one attached hydrogen (secondary N) is 1. The third-order valence-corrected chi connectivity index (χ3v) is 4.21. The molecule has 1 saturated heterocycles. The lowest BCUT2D eigenvalue weighted by Crippen LogP contribution is -2.41. The van der Waals surface area contributed by atoms with Gasteiger partial charge in [0.15, 0.2) is 0 Å². The molecule has 0 aromatic heterocycles. The highest BCUT2D eigenvalue weighted by atomic mass is 16.6. The van der Waals surface area contributed by atoms with E-state index in [-0.39, 0.29) is 22.4 Å². The molecule has 1 aliphatic carbocycles. The van der Waals surface area contributed by atoms with Gasteiger partial charge in [-0.2, -0.15) is 0 Å². The van der Waals surface area contributed by atoms with Crippen LogP contribution in [0.4, 0.5) is 11.4 Å². The van der Waals surface area contributed by atoms with Crippen molar-refractivity contribution in [2.75, 3.05) is 18.0 Å². The smallest absolute Gasteiger partial charge is 0.292 e. The zero-order valence-corrected chi connectivity index (χ0v) is 11.8. The van der Waals surface area contributed by atoms with Crippen molar-refractivity contribution >= 4 is 17.3 Å². The summed E-state index contributed by atoms with van der Waals surface area (Å²) < 4.78 is 0. The topological polar surface area (TPSA) is 75.5 Å². The maximum absolute atomic E-state index is 12.0. The van der Waals surface area contributed by atoms with E-state index in [4.69, 9.17) is 0 Å². The summed E-state index contributed by atoms with van der Waals surface area (Å²) in [6, 6.07) is 7.20. The van der Waals surface area contributed by atoms with Crippen LogP contribution in [0.5, 0.6) is 0 Å². The fraction of sp³-hybridized carbons (Fsp3) is 0.533. The second-order valence-electron chi connectivity index (χ2n) is 5.79. The number of carbonyl (C=O) groups is 1. The molecular formula is C15H19N3O3. The first-order chi connectivity index (χ1) is 10.1. The van der Waals surface area contributed by atoms with Crippen LogP contribution in [0, 0.1) is 16.0 Å². The quantitative estimate of drug-likeness (QED) is 0.680. The molecule has 0 unspecified atom stereocenters. The number of piperidine rings is 1. The van der Waals surface area contributed by atoms with Crippen LogP contribution in [0.3, 0.4) is 0 Å². The fourth-order valence-electron chi connectivity index (χ4n) is 2.82. The Morgan fingerprint density at radius 3 is 2.48 bits per heavy atom. The molecule has 1 saturated carbocycles. The number of carbonyl (C=O) groups excluding carboxylic acids is 1. The summed E-state index contributed by atoms with van der Waals surface area (Å²) in [6.07, 6.45) is 3.71. The van der Waals surface area contributed by atoms with Crippen LogP contribution in [-0.4, -0.2) is 30.0 Å². The van der Waals surface area contributed by atoms with Gasteiger partial charge in [0, 0.05) is 31.1 Å². The Kier molecular flexibility index (Phi) is 3.77. The molecule has 2 aliphatic rings. The lowest BCUT2D eigenvalue weighted by atomic mass is 9.95. The molecule has 0 radical (unpaired) electrons. The minimum atomic E-state index is -0.346. The first-order valence-electron chi connectivity index (χ1n) is 7.44. The monoisotopic (exact) mass is 289 g/mol. The van der Waals surface area contributed by atoms with Gasteiger partial charge in [-0.1, -0.05) is 12.1 Å². The van der Waals surface area contributed by atoms with Crippen LogP contribution in [0.25, 0.3) is 0 Å². The van der Waals surface area contributed by atoms with Crippen molar-refractivity contribution in [2.45, 2.75) is 31.7 Å². The number of anilines is 1. The van der Waals surface area contributed by atoms with Crippen molar-refractivity contribution < 1.29 is 9.72 Å². The van der Waals surface area contributed by atoms with Crippen LogP contribution < -0.4 is 10.2 Å². The Bertz CT molecular complexity index is 549. The predicted octanol–water partition coefficient (Wildman–Crippen LogP) is 2.09. The molecule has 6 nitrogen and oxygen atoms in total. The number of benzene rings is 1. The van der Waals surface area contributed by atoms with Gasteiger partial charge >= 0.3 is 0 Å². The van der Waals surface area contributed by atoms with Gasteiger partial charge in [0.25, 0.3) is 5.69 Å². The normalized spacial score (nSPS) is 19.3. The highest BCUT2D eigenvalue weighted by molar-refractivity contribution is 5.79. The molecule has 2 fully saturated rings. The molecule has 1 aromatic rings. The van der Waals surface area contributed by atoms with Gasteiger partial charge in [-0.25, -0.2) is 0 Å². The summed E-state index contributed by atoms with van der Waals surface area (Å²) in [5.74, 6) is 0.198. The predicted molar refractivity (Wildman–Crippen MR) is 79.2 cm³/mol. The standard InChI is InChI=1S/C15H19N3O3/c19-15(16-12-5-6-12)11-7-9-17(10-8-11)13-3-1-2-4-14(13)18(20)21/h1-4,11-12H,5-10H2,(H,16,19). The van der Waals surface area contributed by atoms with E-state index in [1.807, 2.05) is 11.0 Å². The lowest BCUT2D eigenvalue weighted by Gasteiger charge is -2.32. The maximum atomic E-state index is 12.0. The molecule has 112 valence electrons. The van der Waals surface area contributed by atoms with Gasteiger partial charge in [-0.3, -0.25) is 14.9 Å². The highest BCUT2D eigenvalue weighted by Gasteiger charge is 2.31. The molecule has 0 spiro atoms. The first-order valence-corrected chi connectivity index (χ1v) is 7.44. The minimum absolute atomic E-state index is 0.0459. The van der Waals surface area contributed by atoms with Crippen LogP contribution >= 0.6 is 0 Å². The molecule has 0 bridgehead atoms. The number of nitro groups is 1. The second kappa shape index (κ2) is 5.71. The summed E-state index contributed by atoms with van der Waals surface area (Å²) in [5, 5.41) is 14.1. The molecule has 1 aromatic carbocycles. The summed E-state index contributed by atoms with van der Waals surface area (Å²) >= 11 is 0. The van der Waals surface area contributed by atoms with Crippen molar-refractivity contribution in [2.24, 2.45) is 5.92 Å². The fourth-order valence-corrected chi connectivity index (χ4v) is 2.82. The first kappa shape index (κ1) is 13.9. The number of nitro benzene ring substituents is 1.